The molecule has 1 aliphatic heterocycles. The Hall–Kier alpha value is -2.86. The van der Waals surface area contributed by atoms with E-state index >= 15 is 0 Å². The molecule has 1 aliphatic rings. The van der Waals surface area contributed by atoms with Crippen molar-refractivity contribution in [2.24, 2.45) is 0 Å². The second-order valence-corrected chi connectivity index (χ2v) is 9.12. The zero-order valence-electron chi connectivity index (χ0n) is 19.3. The molecule has 0 aliphatic carbocycles. The highest BCUT2D eigenvalue weighted by Crippen LogP contribution is 2.28. The van der Waals surface area contributed by atoms with E-state index in [1.807, 2.05) is 51.1 Å². The lowest BCUT2D eigenvalue weighted by molar-refractivity contribution is 0.0371. The number of carbonyl (C=O) groups excluding carboxylic acids is 1. The Morgan fingerprint density at radius 1 is 0.906 bits per heavy atom. The van der Waals surface area contributed by atoms with Gasteiger partial charge in [0.05, 0.1) is 17.1 Å². The number of aromatic nitrogens is 2. The predicted molar refractivity (Wildman–Crippen MR) is 130 cm³/mol. The van der Waals surface area contributed by atoms with Crippen molar-refractivity contribution in [2.45, 2.75) is 40.7 Å². The first-order valence-electron chi connectivity index (χ1n) is 11.0. The van der Waals surface area contributed by atoms with Crippen LogP contribution in [0.4, 0.5) is 11.5 Å². The molecule has 0 atom stereocenters. The summed E-state index contributed by atoms with van der Waals surface area (Å²) in [6.07, 6.45) is -0.227. The molecule has 2 heterocycles. The number of piperazine rings is 1. The number of fused-ring (bicyclic) bond motifs is 1. The van der Waals surface area contributed by atoms with E-state index in [2.05, 4.69) is 23.6 Å². The van der Waals surface area contributed by atoms with Gasteiger partial charge in [0.25, 0.3) is 0 Å². The van der Waals surface area contributed by atoms with Gasteiger partial charge in [-0.3, -0.25) is 0 Å². The minimum Gasteiger partial charge on any atom is -0.458 e. The molecule has 0 spiro atoms. The average molecular weight is 453 g/mol. The summed E-state index contributed by atoms with van der Waals surface area (Å²) < 4.78 is 5.50. The van der Waals surface area contributed by atoms with E-state index in [9.17, 15) is 4.79 Å². The highest BCUT2D eigenvalue weighted by atomic mass is 35.5. The molecule has 6 nitrogen and oxygen atoms in total. The summed E-state index contributed by atoms with van der Waals surface area (Å²) >= 11 is 6.23. The van der Waals surface area contributed by atoms with Gasteiger partial charge >= 0.3 is 5.97 Å². The minimum absolute atomic E-state index is 0.227. The quantitative estimate of drug-likeness (QED) is 0.513. The van der Waals surface area contributed by atoms with Gasteiger partial charge in [-0.25, -0.2) is 14.8 Å². The summed E-state index contributed by atoms with van der Waals surface area (Å²) in [4.78, 5) is 26.9. The Morgan fingerprint density at radius 3 is 2.12 bits per heavy atom. The number of nitrogens with zero attached hydrogens (tertiary/aromatic N) is 4. The number of rotatable bonds is 4. The summed E-state index contributed by atoms with van der Waals surface area (Å²) in [6.45, 7) is 12.9. The third kappa shape index (κ3) is 4.51. The number of benzene rings is 2. The molecule has 1 saturated heterocycles. The molecule has 2 aromatic carbocycles. The molecular formula is C25H29ClN4O2. The highest BCUT2D eigenvalue weighted by molar-refractivity contribution is 6.30. The van der Waals surface area contributed by atoms with Gasteiger partial charge in [-0.05, 0) is 75.6 Å². The molecular weight excluding hydrogens is 424 g/mol. The molecule has 168 valence electrons. The van der Waals surface area contributed by atoms with Crippen molar-refractivity contribution >= 4 is 40.1 Å². The van der Waals surface area contributed by atoms with E-state index < -0.39 is 5.97 Å². The van der Waals surface area contributed by atoms with Crippen molar-refractivity contribution in [1.82, 2.24) is 9.97 Å². The van der Waals surface area contributed by atoms with Crippen LogP contribution in [0.3, 0.4) is 0 Å². The molecule has 0 amide bonds. The van der Waals surface area contributed by atoms with Crippen LogP contribution >= 0.6 is 11.6 Å². The van der Waals surface area contributed by atoms with Gasteiger partial charge in [-0.2, -0.15) is 0 Å². The smallest absolute Gasteiger partial charge is 0.361 e. The molecule has 32 heavy (non-hydrogen) atoms. The number of aryl methyl sites for hydroxylation is 3. The molecule has 3 aromatic rings. The summed E-state index contributed by atoms with van der Waals surface area (Å²) in [6, 6.07) is 9.98. The van der Waals surface area contributed by atoms with Gasteiger partial charge in [0.15, 0.2) is 11.5 Å². The van der Waals surface area contributed by atoms with Gasteiger partial charge in [0, 0.05) is 36.9 Å². The lowest BCUT2D eigenvalue weighted by atomic mass is 10.1. The van der Waals surface area contributed by atoms with Crippen LogP contribution in [0.2, 0.25) is 5.02 Å². The highest BCUT2D eigenvalue weighted by Gasteiger charge is 2.27. The number of anilines is 2. The predicted octanol–water partition coefficient (Wildman–Crippen LogP) is 5.10. The lowest BCUT2D eigenvalue weighted by Crippen LogP contribution is -2.47. The molecule has 0 N–H and O–H groups in total. The SMILES string of the molecule is Cc1cc2nc(C(=O)OC(C)C)c(N3CCN(c4cc(Cl)ccc4C)CC3)nc2cc1C. The number of carbonyl (C=O) groups is 1. The Bertz CT molecular complexity index is 1170. The maximum atomic E-state index is 12.9. The van der Waals surface area contributed by atoms with Crippen molar-refractivity contribution in [3.63, 3.8) is 0 Å². The van der Waals surface area contributed by atoms with Crippen LogP contribution in [-0.2, 0) is 4.74 Å². The fraction of sp³-hybridized carbons (Fsp3) is 0.400. The normalized spacial score (nSPS) is 14.3. The maximum Gasteiger partial charge on any atom is 0.361 e. The van der Waals surface area contributed by atoms with Crippen LogP contribution in [-0.4, -0.2) is 48.2 Å². The monoisotopic (exact) mass is 452 g/mol. The topological polar surface area (TPSA) is 58.6 Å². The summed E-state index contributed by atoms with van der Waals surface area (Å²) in [5, 5.41) is 0.734. The first-order chi connectivity index (χ1) is 15.2. The number of ether oxygens (including phenoxy) is 1. The molecule has 4 rings (SSSR count). The van der Waals surface area contributed by atoms with Crippen LogP contribution in [0.1, 0.15) is 41.0 Å². The first-order valence-corrected chi connectivity index (χ1v) is 11.4. The largest absolute Gasteiger partial charge is 0.458 e. The second kappa shape index (κ2) is 8.94. The van der Waals surface area contributed by atoms with E-state index in [0.717, 1.165) is 53.5 Å². The van der Waals surface area contributed by atoms with Crippen molar-refractivity contribution in [2.75, 3.05) is 36.0 Å². The lowest BCUT2D eigenvalue weighted by Gasteiger charge is -2.37. The third-order valence-electron chi connectivity index (χ3n) is 5.89. The fourth-order valence-electron chi connectivity index (χ4n) is 4.01. The van der Waals surface area contributed by atoms with Crippen molar-refractivity contribution < 1.29 is 9.53 Å². The summed E-state index contributed by atoms with van der Waals surface area (Å²) in [7, 11) is 0. The molecule has 7 heteroatoms. The Kier molecular flexibility index (Phi) is 6.24. The number of esters is 1. The average Bonchev–Trinajstić information content (AvgIpc) is 2.75. The molecule has 0 radical (unpaired) electrons. The third-order valence-corrected chi connectivity index (χ3v) is 6.12. The van der Waals surface area contributed by atoms with E-state index in [1.54, 1.807) is 0 Å². The summed E-state index contributed by atoms with van der Waals surface area (Å²) in [5.74, 6) is 0.157. The molecule has 1 aromatic heterocycles. The van der Waals surface area contributed by atoms with Crippen molar-refractivity contribution in [1.29, 1.82) is 0 Å². The maximum absolute atomic E-state index is 12.9. The van der Waals surface area contributed by atoms with Crippen molar-refractivity contribution in [3.05, 3.63) is 57.7 Å². The Balaban J connectivity index is 1.67. The van der Waals surface area contributed by atoms with Gasteiger partial charge in [0.1, 0.15) is 0 Å². The van der Waals surface area contributed by atoms with Crippen LogP contribution in [0.25, 0.3) is 11.0 Å². The zero-order chi connectivity index (χ0) is 23.0. The van der Waals surface area contributed by atoms with Gasteiger partial charge in [-0.15, -0.1) is 0 Å². The van der Waals surface area contributed by atoms with Crippen molar-refractivity contribution in [3.8, 4) is 0 Å². The molecule has 0 saturated carbocycles. The Labute approximate surface area is 194 Å². The second-order valence-electron chi connectivity index (χ2n) is 8.68. The Morgan fingerprint density at radius 2 is 1.50 bits per heavy atom. The number of hydrogen-bond acceptors (Lipinski definition) is 6. The molecule has 0 bridgehead atoms. The number of hydrogen-bond donors (Lipinski definition) is 0. The van der Waals surface area contributed by atoms with E-state index in [0.29, 0.717) is 11.3 Å². The van der Waals surface area contributed by atoms with Crippen LogP contribution in [0.5, 0.6) is 0 Å². The summed E-state index contributed by atoms with van der Waals surface area (Å²) in [5.41, 5.74) is 6.39. The van der Waals surface area contributed by atoms with Gasteiger partial charge in [-0.1, -0.05) is 17.7 Å². The zero-order valence-corrected chi connectivity index (χ0v) is 20.0. The number of halogens is 1. The van der Waals surface area contributed by atoms with E-state index in [-0.39, 0.29) is 11.8 Å². The van der Waals surface area contributed by atoms with Gasteiger partial charge in [0.2, 0.25) is 0 Å². The van der Waals surface area contributed by atoms with E-state index in [4.69, 9.17) is 26.3 Å². The van der Waals surface area contributed by atoms with Crippen LogP contribution in [0, 0.1) is 20.8 Å². The molecule has 0 unspecified atom stereocenters. The minimum atomic E-state index is -0.434. The van der Waals surface area contributed by atoms with E-state index in [1.165, 1.54) is 5.56 Å². The molecule has 1 fully saturated rings. The van der Waals surface area contributed by atoms with Crippen LogP contribution in [0.15, 0.2) is 30.3 Å². The first kappa shape index (κ1) is 22.3. The van der Waals surface area contributed by atoms with Gasteiger partial charge < -0.3 is 14.5 Å². The van der Waals surface area contributed by atoms with Crippen LogP contribution < -0.4 is 9.80 Å². The fourth-order valence-corrected chi connectivity index (χ4v) is 4.18. The standard InChI is InChI=1S/C25H29ClN4O2/c1-15(2)32-25(31)23-24(28-21-13-18(5)17(4)12-20(21)27-23)30-10-8-29(9-11-30)22-14-19(26)7-6-16(22)3/h6-7,12-15H,8-11H2,1-5H3.